The number of nitrogens with zero attached hydrogens (tertiary/aromatic N) is 4. The van der Waals surface area contributed by atoms with Crippen LogP contribution >= 0.6 is 0 Å². The van der Waals surface area contributed by atoms with Crippen molar-refractivity contribution in [2.75, 3.05) is 118 Å². The third-order valence-corrected chi connectivity index (χ3v) is 7.18. The first kappa shape index (κ1) is 23.9. The molecule has 10 nitrogen and oxygen atoms in total. The van der Waals surface area contributed by atoms with Gasteiger partial charge in [-0.1, -0.05) is 0 Å². The van der Waals surface area contributed by atoms with Gasteiger partial charge >= 0.3 is 0 Å². The zero-order chi connectivity index (χ0) is 23.3. The lowest BCUT2D eigenvalue weighted by atomic mass is 9.87. The molecule has 4 fully saturated rings. The van der Waals surface area contributed by atoms with E-state index in [1.165, 1.54) is 0 Å². The molecule has 10 heteroatoms. The van der Waals surface area contributed by atoms with Crippen LogP contribution in [0.3, 0.4) is 0 Å². The second-order valence-corrected chi connectivity index (χ2v) is 9.29. The molecule has 0 bridgehead atoms. The van der Waals surface area contributed by atoms with Gasteiger partial charge in [-0.25, -0.2) is 0 Å². The van der Waals surface area contributed by atoms with E-state index in [1.807, 2.05) is 0 Å². The molecule has 0 aromatic carbocycles. The van der Waals surface area contributed by atoms with E-state index in [0.29, 0.717) is 103 Å². The lowest BCUT2D eigenvalue weighted by Gasteiger charge is -2.43. The Morgan fingerprint density at radius 3 is 1.09 bits per heavy atom. The Morgan fingerprint density at radius 2 is 0.765 bits per heavy atom. The van der Waals surface area contributed by atoms with E-state index in [2.05, 4.69) is 19.6 Å². The minimum atomic E-state index is -0.353. The summed E-state index contributed by atoms with van der Waals surface area (Å²) < 4.78 is 22.3. The largest absolute Gasteiger partial charge is 0.379 e. The normalized spacial score (nSPS) is 26.6. The highest BCUT2D eigenvalue weighted by Gasteiger charge is 2.41. The molecule has 34 heavy (non-hydrogen) atoms. The van der Waals surface area contributed by atoms with Gasteiger partial charge in [-0.3, -0.25) is 19.4 Å². The Kier molecular flexibility index (Phi) is 7.93. The van der Waals surface area contributed by atoms with Crippen LogP contribution in [0.25, 0.3) is 0 Å². The summed E-state index contributed by atoms with van der Waals surface area (Å²) in [5.41, 5.74) is 3.12. The number of Topliss-reactive ketones (excluding diaryl/α,β-unsaturated/α-hetero) is 2. The van der Waals surface area contributed by atoms with Crippen LogP contribution in [-0.2, 0) is 28.5 Å². The first-order chi connectivity index (χ1) is 16.7. The molecule has 4 heterocycles. The summed E-state index contributed by atoms with van der Waals surface area (Å²) in [5, 5.41) is 0. The standard InChI is InChI=1S/C24H36N4O6/c29-23-19(17-25-1-9-31-10-2-25)21(27-5-13-33-14-6-27)22(28-7-15-34-16-8-28)20(24(23)30)18-26-3-11-32-12-4-26/h1-18H2. The lowest BCUT2D eigenvalue weighted by molar-refractivity contribution is -0.133. The second-order valence-electron chi connectivity index (χ2n) is 9.29. The molecule has 0 radical (unpaired) electrons. The number of hydrogen-bond donors (Lipinski definition) is 0. The topological polar surface area (TPSA) is 84.0 Å². The van der Waals surface area contributed by atoms with E-state index in [9.17, 15) is 9.59 Å². The minimum Gasteiger partial charge on any atom is -0.379 e. The van der Waals surface area contributed by atoms with Crippen molar-refractivity contribution < 1.29 is 28.5 Å². The van der Waals surface area contributed by atoms with Crippen LogP contribution in [0.5, 0.6) is 0 Å². The highest BCUT2D eigenvalue weighted by molar-refractivity contribution is 6.50. The maximum absolute atomic E-state index is 13.7. The Balaban J connectivity index is 1.58. The van der Waals surface area contributed by atoms with Gasteiger partial charge in [0.25, 0.3) is 0 Å². The number of morpholine rings is 4. The first-order valence-electron chi connectivity index (χ1n) is 12.5. The van der Waals surface area contributed by atoms with Crippen molar-refractivity contribution >= 4 is 11.6 Å². The summed E-state index contributed by atoms with van der Waals surface area (Å²) in [7, 11) is 0. The number of carbonyl (C=O) groups excluding carboxylic acids is 2. The molecule has 0 atom stereocenters. The number of carbonyl (C=O) groups is 2. The summed E-state index contributed by atoms with van der Waals surface area (Å²) in [6.07, 6.45) is 0. The van der Waals surface area contributed by atoms with Crippen molar-refractivity contribution in [3.63, 3.8) is 0 Å². The summed E-state index contributed by atoms with van der Waals surface area (Å²) in [5.74, 6) is -0.707. The number of hydrogen-bond acceptors (Lipinski definition) is 10. The van der Waals surface area contributed by atoms with Gasteiger partial charge in [0.15, 0.2) is 0 Å². The maximum Gasteiger partial charge on any atom is 0.232 e. The van der Waals surface area contributed by atoms with Crippen molar-refractivity contribution in [3.8, 4) is 0 Å². The molecule has 0 spiro atoms. The highest BCUT2D eigenvalue weighted by Crippen LogP contribution is 2.34. The van der Waals surface area contributed by atoms with E-state index in [1.54, 1.807) is 0 Å². The van der Waals surface area contributed by atoms with Crippen LogP contribution in [0.2, 0.25) is 0 Å². The Hall–Kier alpha value is -1.82. The molecule has 0 aromatic heterocycles. The van der Waals surface area contributed by atoms with Crippen LogP contribution in [0.4, 0.5) is 0 Å². The van der Waals surface area contributed by atoms with E-state index in [0.717, 1.165) is 37.6 Å². The van der Waals surface area contributed by atoms with Crippen molar-refractivity contribution in [1.82, 2.24) is 19.6 Å². The SMILES string of the molecule is O=C1C(=O)C(CN2CCOCC2)=C(N2CCOCC2)C(N2CCOCC2)=C1CN1CCOCC1. The molecular weight excluding hydrogens is 440 g/mol. The van der Waals surface area contributed by atoms with E-state index >= 15 is 0 Å². The van der Waals surface area contributed by atoms with Crippen LogP contribution in [0.15, 0.2) is 22.5 Å². The zero-order valence-corrected chi connectivity index (χ0v) is 20.0. The van der Waals surface area contributed by atoms with Gasteiger partial charge in [0.05, 0.1) is 64.2 Å². The molecule has 0 saturated carbocycles. The molecular formula is C24H36N4O6. The highest BCUT2D eigenvalue weighted by atomic mass is 16.5. The minimum absolute atomic E-state index is 0.353. The van der Waals surface area contributed by atoms with E-state index in [-0.39, 0.29) is 11.6 Å². The van der Waals surface area contributed by atoms with Crippen molar-refractivity contribution in [3.05, 3.63) is 22.5 Å². The third-order valence-electron chi connectivity index (χ3n) is 7.18. The molecule has 1 aliphatic carbocycles. The van der Waals surface area contributed by atoms with Crippen molar-refractivity contribution in [2.45, 2.75) is 0 Å². The molecule has 5 aliphatic rings. The predicted molar refractivity (Wildman–Crippen MR) is 123 cm³/mol. The fourth-order valence-corrected chi connectivity index (χ4v) is 5.29. The van der Waals surface area contributed by atoms with Crippen molar-refractivity contribution in [2.24, 2.45) is 0 Å². The van der Waals surface area contributed by atoms with E-state index < -0.39 is 0 Å². The number of ketones is 2. The van der Waals surface area contributed by atoms with Gasteiger partial charge in [0, 0.05) is 76.6 Å². The Morgan fingerprint density at radius 1 is 0.471 bits per heavy atom. The fourth-order valence-electron chi connectivity index (χ4n) is 5.29. The zero-order valence-electron chi connectivity index (χ0n) is 20.0. The van der Waals surface area contributed by atoms with Gasteiger partial charge in [-0.15, -0.1) is 0 Å². The third kappa shape index (κ3) is 5.22. The Bertz CT molecular complexity index is 751. The molecule has 4 aliphatic heterocycles. The van der Waals surface area contributed by atoms with Crippen LogP contribution in [0, 0.1) is 0 Å². The van der Waals surface area contributed by atoms with Crippen molar-refractivity contribution in [1.29, 1.82) is 0 Å². The number of ether oxygens (including phenoxy) is 4. The van der Waals surface area contributed by atoms with Gasteiger partial charge in [0.2, 0.25) is 11.6 Å². The molecule has 0 N–H and O–H groups in total. The maximum atomic E-state index is 13.7. The second kappa shape index (κ2) is 11.3. The number of rotatable bonds is 6. The molecule has 188 valence electrons. The molecule has 0 unspecified atom stereocenters. The summed E-state index contributed by atoms with van der Waals surface area (Å²) >= 11 is 0. The van der Waals surface area contributed by atoms with Gasteiger partial charge < -0.3 is 28.7 Å². The van der Waals surface area contributed by atoms with Gasteiger partial charge in [-0.05, 0) is 0 Å². The fraction of sp³-hybridized carbons (Fsp3) is 0.750. The Labute approximate surface area is 201 Å². The predicted octanol–water partition coefficient (Wildman–Crippen LogP) is -1.02. The quantitative estimate of drug-likeness (QED) is 0.351. The average molecular weight is 477 g/mol. The lowest BCUT2D eigenvalue weighted by Crippen LogP contribution is -2.50. The summed E-state index contributed by atoms with van der Waals surface area (Å²) in [6.45, 7) is 11.9. The first-order valence-corrected chi connectivity index (χ1v) is 12.5. The van der Waals surface area contributed by atoms with Gasteiger partial charge in [-0.2, -0.15) is 0 Å². The van der Waals surface area contributed by atoms with Gasteiger partial charge in [0.1, 0.15) is 0 Å². The summed E-state index contributed by atoms with van der Waals surface area (Å²) in [4.78, 5) is 36.4. The summed E-state index contributed by atoms with van der Waals surface area (Å²) in [6, 6.07) is 0. The smallest absolute Gasteiger partial charge is 0.232 e. The monoisotopic (exact) mass is 476 g/mol. The molecule has 0 amide bonds. The average Bonchev–Trinajstić information content (AvgIpc) is 2.90. The molecule has 0 aromatic rings. The van der Waals surface area contributed by atoms with E-state index in [4.69, 9.17) is 18.9 Å². The van der Waals surface area contributed by atoms with Crippen LogP contribution < -0.4 is 0 Å². The molecule has 4 saturated heterocycles. The molecule has 5 rings (SSSR count). The van der Waals surface area contributed by atoms with Crippen LogP contribution in [-0.4, -0.2) is 149 Å². The van der Waals surface area contributed by atoms with Crippen LogP contribution in [0.1, 0.15) is 0 Å².